The van der Waals surface area contributed by atoms with Gasteiger partial charge in [-0.25, -0.2) is 0 Å². The molecule has 7 atom stereocenters. The van der Waals surface area contributed by atoms with Gasteiger partial charge in [0.05, 0.1) is 12.7 Å². The fourth-order valence-corrected chi connectivity index (χ4v) is 4.81. The van der Waals surface area contributed by atoms with E-state index in [1.54, 1.807) is 7.11 Å². The lowest BCUT2D eigenvalue weighted by Gasteiger charge is -2.40. The van der Waals surface area contributed by atoms with Crippen molar-refractivity contribution in [2.45, 2.75) is 75.3 Å². The minimum absolute atomic E-state index is 0.0957. The third-order valence-electron chi connectivity index (χ3n) is 6.89. The summed E-state index contributed by atoms with van der Waals surface area (Å²) in [6.07, 6.45) is -1.73. The predicted molar refractivity (Wildman–Crippen MR) is 122 cm³/mol. The summed E-state index contributed by atoms with van der Waals surface area (Å²) in [6, 6.07) is 13.8. The van der Waals surface area contributed by atoms with E-state index in [1.165, 1.54) is 0 Å². The molecule has 2 aromatic rings. The number of methoxy groups -OCH3 is 1. The molecule has 1 saturated carbocycles. The van der Waals surface area contributed by atoms with Crippen molar-refractivity contribution < 1.29 is 34.6 Å². The zero-order valence-electron chi connectivity index (χ0n) is 19.1. The van der Waals surface area contributed by atoms with Crippen LogP contribution < -0.4 is 4.74 Å². The molecule has 2 fully saturated rings. The fourth-order valence-electron chi connectivity index (χ4n) is 4.81. The molecule has 4 rings (SSSR count). The Morgan fingerprint density at radius 3 is 2.36 bits per heavy atom. The van der Waals surface area contributed by atoms with Crippen LogP contribution in [0.5, 0.6) is 5.75 Å². The van der Waals surface area contributed by atoms with Crippen molar-refractivity contribution >= 4 is 0 Å². The van der Waals surface area contributed by atoms with E-state index in [4.69, 9.17) is 14.2 Å². The first-order valence-electron chi connectivity index (χ1n) is 11.6. The van der Waals surface area contributed by atoms with Crippen molar-refractivity contribution in [1.29, 1.82) is 0 Å². The molecule has 7 heteroatoms. The second-order valence-corrected chi connectivity index (χ2v) is 9.12. The number of benzene rings is 2. The molecule has 0 aromatic heterocycles. The first-order valence-corrected chi connectivity index (χ1v) is 11.6. The van der Waals surface area contributed by atoms with Gasteiger partial charge in [-0.2, -0.15) is 0 Å². The van der Waals surface area contributed by atoms with Gasteiger partial charge in [0.25, 0.3) is 0 Å². The van der Waals surface area contributed by atoms with E-state index in [2.05, 4.69) is 0 Å². The third-order valence-corrected chi connectivity index (χ3v) is 6.89. The van der Waals surface area contributed by atoms with Crippen molar-refractivity contribution in [2.24, 2.45) is 0 Å². The quantitative estimate of drug-likeness (QED) is 0.503. The molecule has 33 heavy (non-hydrogen) atoms. The van der Waals surface area contributed by atoms with Gasteiger partial charge in [-0.15, -0.1) is 0 Å². The molecule has 1 aliphatic carbocycles. The Labute approximate surface area is 194 Å². The molecule has 2 aromatic carbocycles. The number of aliphatic hydroxyl groups excluding tert-OH is 4. The van der Waals surface area contributed by atoms with Crippen LogP contribution in [0.3, 0.4) is 0 Å². The minimum atomic E-state index is -1.39. The molecule has 0 bridgehead atoms. The Morgan fingerprint density at radius 2 is 1.67 bits per heavy atom. The third kappa shape index (κ3) is 5.24. The second-order valence-electron chi connectivity index (χ2n) is 9.12. The number of hydrogen-bond donors (Lipinski definition) is 4. The van der Waals surface area contributed by atoms with Gasteiger partial charge in [-0.1, -0.05) is 30.3 Å². The molecular formula is C26H34O7. The average molecular weight is 459 g/mol. The highest BCUT2D eigenvalue weighted by molar-refractivity contribution is 5.38. The molecule has 1 saturated heterocycles. The van der Waals surface area contributed by atoms with E-state index in [0.29, 0.717) is 12.0 Å². The Bertz CT molecular complexity index is 913. The maximum absolute atomic E-state index is 10.5. The summed E-state index contributed by atoms with van der Waals surface area (Å²) < 4.78 is 17.4. The zero-order valence-corrected chi connectivity index (χ0v) is 19.1. The molecule has 1 unspecified atom stereocenters. The first kappa shape index (κ1) is 24.1. The number of aryl methyl sites for hydroxylation is 1. The lowest BCUT2D eigenvalue weighted by atomic mass is 9.89. The molecule has 4 N–H and O–H groups in total. The molecule has 0 spiro atoms. The molecule has 180 valence electrons. The van der Waals surface area contributed by atoms with Crippen molar-refractivity contribution in [2.75, 3.05) is 13.7 Å². The van der Waals surface area contributed by atoms with Gasteiger partial charge in [0.1, 0.15) is 42.4 Å². The van der Waals surface area contributed by atoms with Gasteiger partial charge in [0.2, 0.25) is 0 Å². The van der Waals surface area contributed by atoms with E-state index >= 15 is 0 Å². The molecular weight excluding hydrogens is 424 g/mol. The number of aliphatic hydroxyl groups is 4. The maximum Gasteiger partial charge on any atom is 0.125 e. The van der Waals surface area contributed by atoms with E-state index in [1.807, 2.05) is 49.4 Å². The van der Waals surface area contributed by atoms with Gasteiger partial charge in [0, 0.05) is 7.11 Å². The van der Waals surface area contributed by atoms with Crippen LogP contribution in [0, 0.1) is 6.92 Å². The van der Waals surface area contributed by atoms with Crippen LogP contribution in [0.15, 0.2) is 42.5 Å². The highest BCUT2D eigenvalue weighted by Gasteiger charge is 2.44. The largest absolute Gasteiger partial charge is 0.488 e. The predicted octanol–water partition coefficient (Wildman–Crippen LogP) is 2.05. The van der Waals surface area contributed by atoms with Crippen molar-refractivity contribution in [3.63, 3.8) is 0 Å². The van der Waals surface area contributed by atoms with Crippen LogP contribution in [0.2, 0.25) is 0 Å². The smallest absolute Gasteiger partial charge is 0.125 e. The van der Waals surface area contributed by atoms with E-state index in [-0.39, 0.29) is 12.2 Å². The van der Waals surface area contributed by atoms with Gasteiger partial charge >= 0.3 is 0 Å². The molecule has 1 aliphatic heterocycles. The highest BCUT2D eigenvalue weighted by atomic mass is 16.5. The van der Waals surface area contributed by atoms with E-state index < -0.39 is 37.1 Å². The van der Waals surface area contributed by atoms with Crippen LogP contribution in [0.4, 0.5) is 0 Å². The van der Waals surface area contributed by atoms with Crippen LogP contribution >= 0.6 is 0 Å². The number of ether oxygens (including phenoxy) is 3. The Kier molecular flexibility index (Phi) is 7.69. The molecule has 2 aliphatic rings. The van der Waals surface area contributed by atoms with E-state index in [0.717, 1.165) is 41.7 Å². The summed E-state index contributed by atoms with van der Waals surface area (Å²) in [4.78, 5) is 0. The lowest BCUT2D eigenvalue weighted by Crippen LogP contribution is -2.55. The lowest BCUT2D eigenvalue weighted by molar-refractivity contribution is -0.231. The number of rotatable bonds is 7. The van der Waals surface area contributed by atoms with Crippen LogP contribution in [-0.4, -0.2) is 70.8 Å². The fraction of sp³-hybridized carbons (Fsp3) is 0.538. The maximum atomic E-state index is 10.5. The summed E-state index contributed by atoms with van der Waals surface area (Å²) in [5.74, 6) is 0.833. The van der Waals surface area contributed by atoms with Gasteiger partial charge in [-0.05, 0) is 67.0 Å². The minimum Gasteiger partial charge on any atom is -0.488 e. The molecule has 1 heterocycles. The average Bonchev–Trinajstić information content (AvgIpc) is 3.27. The summed E-state index contributed by atoms with van der Waals surface area (Å²) in [7, 11) is 1.73. The van der Waals surface area contributed by atoms with Gasteiger partial charge in [0.15, 0.2) is 0 Å². The monoisotopic (exact) mass is 458 g/mol. The van der Waals surface area contributed by atoms with Crippen molar-refractivity contribution in [3.05, 3.63) is 64.7 Å². The van der Waals surface area contributed by atoms with Gasteiger partial charge in [-0.3, -0.25) is 0 Å². The second kappa shape index (κ2) is 10.5. The van der Waals surface area contributed by atoms with E-state index in [9.17, 15) is 20.4 Å². The summed E-state index contributed by atoms with van der Waals surface area (Å²) in [6.45, 7) is 1.58. The zero-order chi connectivity index (χ0) is 23.5. The van der Waals surface area contributed by atoms with Gasteiger partial charge < -0.3 is 34.6 Å². The SMILES string of the molecule is CO[C@@H]1CCCC1Oc1ccc(Cc2cc([C@@H]3O[C@H](CO)[C@@H](O)[C@H](O)[C@H]3O)ccc2C)cc1. The first-order chi connectivity index (χ1) is 15.9. The topological polar surface area (TPSA) is 109 Å². The highest BCUT2D eigenvalue weighted by Crippen LogP contribution is 2.34. The van der Waals surface area contributed by atoms with Crippen molar-refractivity contribution in [1.82, 2.24) is 0 Å². The molecule has 0 radical (unpaired) electrons. The van der Waals surface area contributed by atoms with Crippen LogP contribution in [-0.2, 0) is 15.9 Å². The normalized spacial score (nSPS) is 32.1. The number of hydrogen-bond acceptors (Lipinski definition) is 7. The van der Waals surface area contributed by atoms with Crippen molar-refractivity contribution in [3.8, 4) is 5.75 Å². The molecule has 7 nitrogen and oxygen atoms in total. The van der Waals surface area contributed by atoms with Crippen LogP contribution in [0.1, 0.15) is 47.6 Å². The Balaban J connectivity index is 1.47. The van der Waals surface area contributed by atoms with Crippen LogP contribution in [0.25, 0.3) is 0 Å². The Morgan fingerprint density at radius 1 is 0.939 bits per heavy atom. The summed E-state index contributed by atoms with van der Waals surface area (Å²) in [5.41, 5.74) is 3.97. The Hall–Kier alpha value is -2.00. The molecule has 0 amide bonds. The standard InChI is InChI=1S/C26H34O7/c1-15-6-9-17(26-25(30)24(29)23(28)22(14-27)33-26)13-18(15)12-16-7-10-19(11-8-16)32-21-5-3-4-20(21)31-2/h6-11,13,20-30H,3-5,12,14H2,1-2H3/t20-,21?,22-,23-,24+,25-,26+/m1/s1. The summed E-state index contributed by atoms with van der Waals surface area (Å²) in [5, 5.41) is 40.1. The summed E-state index contributed by atoms with van der Waals surface area (Å²) >= 11 is 0.